The summed E-state index contributed by atoms with van der Waals surface area (Å²) in [6, 6.07) is 0.720. The van der Waals surface area contributed by atoms with Crippen LogP contribution in [0.25, 0.3) is 0 Å². The van der Waals surface area contributed by atoms with E-state index in [1.54, 1.807) is 0 Å². The lowest BCUT2D eigenvalue weighted by molar-refractivity contribution is 0.208. The summed E-state index contributed by atoms with van der Waals surface area (Å²) in [5, 5.41) is 0. The molecule has 2 rings (SSSR count). The van der Waals surface area contributed by atoms with Crippen LogP contribution in [0.2, 0.25) is 0 Å². The fraction of sp³-hybridized carbons (Fsp3) is 0.857. The molecule has 1 atom stereocenters. The summed E-state index contributed by atoms with van der Waals surface area (Å²) in [6.45, 7) is 9.21. The summed E-state index contributed by atoms with van der Waals surface area (Å²) < 4.78 is 0. The van der Waals surface area contributed by atoms with E-state index < -0.39 is 0 Å². The Bertz CT molecular complexity index is 267. The lowest BCUT2D eigenvalue weighted by Gasteiger charge is -2.34. The van der Waals surface area contributed by atoms with Crippen molar-refractivity contribution in [2.24, 2.45) is 5.92 Å². The van der Waals surface area contributed by atoms with Crippen LogP contribution in [0.15, 0.2) is 12.3 Å². The fourth-order valence-electron chi connectivity index (χ4n) is 3.02. The van der Waals surface area contributed by atoms with Gasteiger partial charge in [-0.3, -0.25) is 0 Å². The third kappa shape index (κ3) is 3.02. The Morgan fingerprint density at radius 3 is 2.29 bits per heavy atom. The van der Waals surface area contributed by atoms with Gasteiger partial charge in [0.1, 0.15) is 0 Å². The minimum Gasteiger partial charge on any atom is -0.373 e. The summed E-state index contributed by atoms with van der Waals surface area (Å²) in [5.74, 6) is 0.729. The van der Waals surface area contributed by atoms with Crippen molar-refractivity contribution in [3.8, 4) is 0 Å². The standard InChI is InChI=1S/C14H27N3/c1-12(13-5-8-16(4)9-6-13)17-10-7-14(11-17)15(2)3/h13-14H,1,5-11H2,2-4H3. The molecule has 1 unspecified atom stereocenters. The molecule has 98 valence electrons. The first-order chi connectivity index (χ1) is 8.08. The minimum absolute atomic E-state index is 0.720. The number of nitrogens with zero attached hydrogens (tertiary/aromatic N) is 3. The van der Waals surface area contributed by atoms with Crippen molar-refractivity contribution in [1.82, 2.24) is 14.7 Å². The Kier molecular flexibility index (Phi) is 4.10. The van der Waals surface area contributed by atoms with Crippen LogP contribution in [0.4, 0.5) is 0 Å². The van der Waals surface area contributed by atoms with Gasteiger partial charge in [0, 0.05) is 30.7 Å². The first-order valence-electron chi connectivity index (χ1n) is 6.86. The van der Waals surface area contributed by atoms with E-state index in [2.05, 4.69) is 42.4 Å². The Morgan fingerprint density at radius 1 is 1.12 bits per heavy atom. The van der Waals surface area contributed by atoms with Crippen molar-refractivity contribution in [2.75, 3.05) is 47.3 Å². The van der Waals surface area contributed by atoms with E-state index in [-0.39, 0.29) is 0 Å². The molecule has 0 spiro atoms. The highest BCUT2D eigenvalue weighted by Gasteiger charge is 2.29. The molecule has 3 heteroatoms. The Hall–Kier alpha value is -0.540. The highest BCUT2D eigenvalue weighted by molar-refractivity contribution is 5.05. The maximum atomic E-state index is 4.37. The van der Waals surface area contributed by atoms with E-state index in [0.717, 1.165) is 12.0 Å². The number of likely N-dealkylation sites (tertiary alicyclic amines) is 2. The van der Waals surface area contributed by atoms with Crippen LogP contribution < -0.4 is 0 Å². The van der Waals surface area contributed by atoms with Gasteiger partial charge in [-0.05, 0) is 53.5 Å². The van der Waals surface area contributed by atoms with Gasteiger partial charge < -0.3 is 14.7 Å². The van der Waals surface area contributed by atoms with Gasteiger partial charge in [-0.25, -0.2) is 0 Å². The molecule has 3 nitrogen and oxygen atoms in total. The number of hydrogen-bond donors (Lipinski definition) is 0. The highest BCUT2D eigenvalue weighted by atomic mass is 15.2. The molecular formula is C14H27N3. The van der Waals surface area contributed by atoms with Gasteiger partial charge in [-0.2, -0.15) is 0 Å². The molecule has 17 heavy (non-hydrogen) atoms. The highest BCUT2D eigenvalue weighted by Crippen LogP contribution is 2.28. The topological polar surface area (TPSA) is 9.72 Å². The van der Waals surface area contributed by atoms with Gasteiger partial charge >= 0.3 is 0 Å². The average molecular weight is 237 g/mol. The van der Waals surface area contributed by atoms with Crippen molar-refractivity contribution in [3.05, 3.63) is 12.3 Å². The van der Waals surface area contributed by atoms with Crippen molar-refractivity contribution >= 4 is 0 Å². The third-order valence-electron chi connectivity index (χ3n) is 4.49. The van der Waals surface area contributed by atoms with Crippen LogP contribution in [0.1, 0.15) is 19.3 Å². The Labute approximate surface area is 106 Å². The molecule has 2 heterocycles. The van der Waals surface area contributed by atoms with Crippen LogP contribution >= 0.6 is 0 Å². The van der Waals surface area contributed by atoms with E-state index in [4.69, 9.17) is 0 Å². The summed E-state index contributed by atoms with van der Waals surface area (Å²) in [6.07, 6.45) is 3.87. The minimum atomic E-state index is 0.720. The Balaban J connectivity index is 1.84. The maximum absolute atomic E-state index is 4.37. The van der Waals surface area contributed by atoms with Crippen molar-refractivity contribution in [2.45, 2.75) is 25.3 Å². The zero-order valence-corrected chi connectivity index (χ0v) is 11.7. The SMILES string of the molecule is C=C(C1CCN(C)CC1)N1CCC(N(C)C)C1. The van der Waals surface area contributed by atoms with Gasteiger partial charge in [-0.1, -0.05) is 6.58 Å². The Morgan fingerprint density at radius 2 is 1.76 bits per heavy atom. The van der Waals surface area contributed by atoms with Crippen LogP contribution in [-0.2, 0) is 0 Å². The normalized spacial score (nSPS) is 28.0. The lowest BCUT2D eigenvalue weighted by Crippen LogP contribution is -2.36. The van der Waals surface area contributed by atoms with Crippen LogP contribution in [0, 0.1) is 5.92 Å². The molecule has 0 aliphatic carbocycles. The molecule has 0 aromatic carbocycles. The smallest absolute Gasteiger partial charge is 0.0331 e. The van der Waals surface area contributed by atoms with E-state index in [1.807, 2.05) is 0 Å². The van der Waals surface area contributed by atoms with E-state index >= 15 is 0 Å². The third-order valence-corrected chi connectivity index (χ3v) is 4.49. The molecule has 0 saturated carbocycles. The predicted octanol–water partition coefficient (Wildman–Crippen LogP) is 1.48. The summed E-state index contributed by atoms with van der Waals surface area (Å²) in [7, 11) is 6.59. The van der Waals surface area contributed by atoms with Crippen LogP contribution in [-0.4, -0.2) is 68.1 Å². The number of likely N-dealkylation sites (N-methyl/N-ethyl adjacent to an activating group) is 1. The van der Waals surface area contributed by atoms with Gasteiger partial charge in [0.25, 0.3) is 0 Å². The maximum Gasteiger partial charge on any atom is 0.0331 e. The molecule has 0 N–H and O–H groups in total. The molecule has 2 saturated heterocycles. The van der Waals surface area contributed by atoms with Crippen LogP contribution in [0.5, 0.6) is 0 Å². The zero-order valence-electron chi connectivity index (χ0n) is 11.7. The number of hydrogen-bond acceptors (Lipinski definition) is 3. The lowest BCUT2D eigenvalue weighted by atomic mass is 9.93. The monoisotopic (exact) mass is 237 g/mol. The quantitative estimate of drug-likeness (QED) is 0.736. The van der Waals surface area contributed by atoms with Crippen molar-refractivity contribution in [3.63, 3.8) is 0 Å². The zero-order chi connectivity index (χ0) is 12.4. The van der Waals surface area contributed by atoms with E-state index in [9.17, 15) is 0 Å². The molecule has 0 amide bonds. The second-order valence-corrected chi connectivity index (χ2v) is 5.92. The summed E-state index contributed by atoms with van der Waals surface area (Å²) in [4.78, 5) is 7.30. The second kappa shape index (κ2) is 5.40. The molecular weight excluding hydrogens is 210 g/mol. The molecule has 2 fully saturated rings. The molecule has 0 aromatic rings. The van der Waals surface area contributed by atoms with Crippen LogP contribution in [0.3, 0.4) is 0 Å². The molecule has 0 bridgehead atoms. The molecule has 0 aromatic heterocycles. The summed E-state index contributed by atoms with van der Waals surface area (Å²) in [5.41, 5.74) is 1.41. The fourth-order valence-corrected chi connectivity index (χ4v) is 3.02. The first-order valence-corrected chi connectivity index (χ1v) is 6.86. The number of piperidine rings is 1. The second-order valence-electron chi connectivity index (χ2n) is 5.92. The largest absolute Gasteiger partial charge is 0.373 e. The van der Waals surface area contributed by atoms with Gasteiger partial charge in [0.2, 0.25) is 0 Å². The van der Waals surface area contributed by atoms with E-state index in [0.29, 0.717) is 0 Å². The van der Waals surface area contributed by atoms with Crippen molar-refractivity contribution < 1.29 is 0 Å². The van der Waals surface area contributed by atoms with Gasteiger partial charge in [0.15, 0.2) is 0 Å². The molecule has 2 aliphatic heterocycles. The predicted molar refractivity (Wildman–Crippen MR) is 73.0 cm³/mol. The number of rotatable bonds is 3. The molecule has 0 radical (unpaired) electrons. The average Bonchev–Trinajstić information content (AvgIpc) is 2.78. The number of allylic oxidation sites excluding steroid dienone is 1. The van der Waals surface area contributed by atoms with E-state index in [1.165, 1.54) is 51.1 Å². The van der Waals surface area contributed by atoms with Crippen molar-refractivity contribution in [1.29, 1.82) is 0 Å². The summed E-state index contributed by atoms with van der Waals surface area (Å²) >= 11 is 0. The van der Waals surface area contributed by atoms with Gasteiger partial charge in [-0.15, -0.1) is 0 Å². The molecule has 2 aliphatic rings. The first kappa shape index (κ1) is 12.9. The van der Waals surface area contributed by atoms with Gasteiger partial charge in [0.05, 0.1) is 0 Å².